The molecule has 1 aliphatic rings. The van der Waals surface area contributed by atoms with Gasteiger partial charge >= 0.3 is 0 Å². The Morgan fingerprint density at radius 2 is 1.74 bits per heavy atom. The number of fused-ring (bicyclic) bond motifs is 1. The number of morpholine rings is 1. The maximum atomic E-state index is 12.2. The minimum Gasteiger partial charge on any atom is -0.373 e. The second kappa shape index (κ2) is 10.4. The van der Waals surface area contributed by atoms with Crippen LogP contribution < -0.4 is 10.9 Å². The van der Waals surface area contributed by atoms with E-state index >= 15 is 0 Å². The topological polar surface area (TPSA) is 114 Å². The van der Waals surface area contributed by atoms with E-state index in [-0.39, 0.29) is 30.4 Å². The van der Waals surface area contributed by atoms with Gasteiger partial charge in [-0.2, -0.15) is 4.98 Å². The number of ether oxygens (including phenoxy) is 1. The first kappa shape index (κ1) is 23.4. The molecule has 1 saturated heterocycles. The van der Waals surface area contributed by atoms with Crippen molar-refractivity contribution in [3.63, 3.8) is 0 Å². The molecule has 1 fully saturated rings. The Morgan fingerprint density at radius 1 is 1.10 bits per heavy atom. The van der Waals surface area contributed by atoms with Crippen LogP contribution in [0.4, 0.5) is 0 Å². The predicted molar refractivity (Wildman–Crippen MR) is 118 cm³/mol. The van der Waals surface area contributed by atoms with Crippen LogP contribution in [-0.2, 0) is 20.7 Å². The highest BCUT2D eigenvalue weighted by atomic mass is 32.2. The molecule has 2 amide bonds. The summed E-state index contributed by atoms with van der Waals surface area (Å²) in [7, 11) is 0. The molecule has 31 heavy (non-hydrogen) atoms. The third-order valence-electron chi connectivity index (χ3n) is 5.31. The average Bonchev–Trinajstić information content (AvgIpc) is 3.13. The molecule has 170 valence electrons. The second-order valence-electron chi connectivity index (χ2n) is 7.93. The van der Waals surface area contributed by atoms with E-state index in [1.807, 2.05) is 34.0 Å². The van der Waals surface area contributed by atoms with E-state index in [1.165, 1.54) is 11.8 Å². The number of hydrogen-bond acceptors (Lipinski definition) is 8. The molecule has 2 N–H and O–H groups in total. The van der Waals surface area contributed by atoms with Gasteiger partial charge in [-0.1, -0.05) is 11.8 Å². The maximum absolute atomic E-state index is 12.2. The molecule has 2 aromatic heterocycles. The van der Waals surface area contributed by atoms with E-state index in [0.717, 1.165) is 30.0 Å². The van der Waals surface area contributed by atoms with Gasteiger partial charge in [-0.05, 0) is 45.9 Å². The highest BCUT2D eigenvalue weighted by Gasteiger charge is 2.22. The number of thioether (sulfide) groups is 1. The van der Waals surface area contributed by atoms with Crippen LogP contribution in [0.15, 0.2) is 5.16 Å². The van der Waals surface area contributed by atoms with Crippen LogP contribution in [0.2, 0.25) is 0 Å². The second-order valence-corrected chi connectivity index (χ2v) is 8.71. The molecule has 0 saturated carbocycles. The number of nitrogens with zero attached hydrogens (tertiary/aromatic N) is 5. The minimum atomic E-state index is -0.246. The molecule has 2 aromatic rings. The lowest BCUT2D eigenvalue weighted by Gasteiger charge is -2.35. The number of amides is 2. The summed E-state index contributed by atoms with van der Waals surface area (Å²) in [6.45, 7) is 10.2. The van der Waals surface area contributed by atoms with Crippen LogP contribution >= 0.6 is 11.8 Å². The summed E-state index contributed by atoms with van der Waals surface area (Å²) >= 11 is 1.46. The fourth-order valence-electron chi connectivity index (χ4n) is 3.87. The van der Waals surface area contributed by atoms with E-state index in [2.05, 4.69) is 30.8 Å². The van der Waals surface area contributed by atoms with Gasteiger partial charge in [0.15, 0.2) is 0 Å². The molecule has 3 heterocycles. The van der Waals surface area contributed by atoms with E-state index in [9.17, 15) is 9.59 Å². The normalized spacial score (nSPS) is 19.5. The predicted octanol–water partition coefficient (Wildman–Crippen LogP) is 1.04. The molecule has 3 rings (SSSR count). The van der Waals surface area contributed by atoms with E-state index in [4.69, 9.17) is 4.74 Å². The summed E-state index contributed by atoms with van der Waals surface area (Å²) in [4.78, 5) is 35.4. The first-order chi connectivity index (χ1) is 14.8. The molecule has 0 unspecified atom stereocenters. The van der Waals surface area contributed by atoms with Crippen molar-refractivity contribution in [2.75, 3.05) is 25.9 Å². The number of aromatic nitrogens is 4. The molecule has 2 atom stereocenters. The SMILES string of the molecule is CSc1nc2nc(C)c(CCC(=O)NNC(=O)CCN3C[C@H](C)O[C@@H](C)C3)c(C)n2n1. The lowest BCUT2D eigenvalue weighted by molar-refractivity contribution is -0.129. The summed E-state index contributed by atoms with van der Waals surface area (Å²) in [5.74, 6) is 0.107. The Bertz CT molecular complexity index is 938. The standard InChI is InChI=1S/C20H31N7O3S/c1-12-10-26(11-13(2)30-12)9-8-18(29)24-23-17(28)7-6-16-14(3)21-19-22-20(31-5)25-27(19)15(16)4/h12-13H,6-11H2,1-5H3,(H,23,28)(H,24,29)/t12-,13-/m0/s1. The zero-order valence-electron chi connectivity index (χ0n) is 18.8. The molecule has 0 bridgehead atoms. The van der Waals surface area contributed by atoms with Crippen molar-refractivity contribution in [2.45, 2.75) is 64.3 Å². The lowest BCUT2D eigenvalue weighted by Crippen LogP contribution is -2.47. The number of hydrazine groups is 1. The quantitative estimate of drug-likeness (QED) is 0.476. The van der Waals surface area contributed by atoms with Crippen molar-refractivity contribution in [1.82, 2.24) is 35.3 Å². The van der Waals surface area contributed by atoms with E-state index < -0.39 is 0 Å². The molecule has 0 aromatic carbocycles. The monoisotopic (exact) mass is 449 g/mol. The van der Waals surface area contributed by atoms with Gasteiger partial charge in [-0.15, -0.1) is 5.10 Å². The third kappa shape index (κ3) is 6.14. The number of hydrogen-bond donors (Lipinski definition) is 2. The van der Waals surface area contributed by atoms with Gasteiger partial charge in [0.2, 0.25) is 17.0 Å². The van der Waals surface area contributed by atoms with Crippen molar-refractivity contribution < 1.29 is 14.3 Å². The zero-order valence-corrected chi connectivity index (χ0v) is 19.6. The summed E-state index contributed by atoms with van der Waals surface area (Å²) in [5, 5.41) is 5.08. The van der Waals surface area contributed by atoms with Gasteiger partial charge in [0.25, 0.3) is 5.78 Å². The lowest BCUT2D eigenvalue weighted by atomic mass is 10.1. The Balaban J connectivity index is 1.45. The van der Waals surface area contributed by atoms with Crippen LogP contribution in [0, 0.1) is 13.8 Å². The fourth-order valence-corrected chi connectivity index (χ4v) is 4.20. The Hall–Kier alpha value is -2.24. The number of aryl methyl sites for hydroxylation is 2. The summed E-state index contributed by atoms with van der Waals surface area (Å²) in [6.07, 6.45) is 3.30. The molecular formula is C20H31N7O3S. The van der Waals surface area contributed by atoms with Crippen molar-refractivity contribution in [3.8, 4) is 0 Å². The van der Waals surface area contributed by atoms with Gasteiger partial charge in [0, 0.05) is 43.9 Å². The van der Waals surface area contributed by atoms with E-state index in [0.29, 0.717) is 30.3 Å². The fraction of sp³-hybridized carbons (Fsp3) is 0.650. The number of carbonyl (C=O) groups excluding carboxylic acids is 2. The number of rotatable bonds is 7. The van der Waals surface area contributed by atoms with Gasteiger partial charge in [0.1, 0.15) is 0 Å². The Labute approximate surface area is 186 Å². The molecular weight excluding hydrogens is 418 g/mol. The van der Waals surface area contributed by atoms with Crippen LogP contribution in [0.1, 0.15) is 43.6 Å². The molecule has 0 radical (unpaired) electrons. The van der Waals surface area contributed by atoms with Crippen LogP contribution in [0.3, 0.4) is 0 Å². The van der Waals surface area contributed by atoms with Crippen LogP contribution in [0.5, 0.6) is 0 Å². The zero-order chi connectivity index (χ0) is 22.5. The van der Waals surface area contributed by atoms with Crippen molar-refractivity contribution >= 4 is 29.4 Å². The van der Waals surface area contributed by atoms with Crippen molar-refractivity contribution in [3.05, 3.63) is 17.0 Å². The average molecular weight is 450 g/mol. The molecule has 0 aliphatic carbocycles. The summed E-state index contributed by atoms with van der Waals surface area (Å²) < 4.78 is 7.41. The molecule has 1 aliphatic heterocycles. The Kier molecular flexibility index (Phi) is 7.84. The molecule has 0 spiro atoms. The summed E-state index contributed by atoms with van der Waals surface area (Å²) in [6, 6.07) is 0. The van der Waals surface area contributed by atoms with Gasteiger partial charge in [-0.25, -0.2) is 9.50 Å². The van der Waals surface area contributed by atoms with Crippen molar-refractivity contribution in [2.24, 2.45) is 0 Å². The van der Waals surface area contributed by atoms with Crippen LogP contribution in [-0.4, -0.2) is 74.4 Å². The summed E-state index contributed by atoms with van der Waals surface area (Å²) in [5.41, 5.74) is 7.72. The first-order valence-electron chi connectivity index (χ1n) is 10.5. The highest BCUT2D eigenvalue weighted by Crippen LogP contribution is 2.18. The smallest absolute Gasteiger partial charge is 0.253 e. The Morgan fingerprint density at radius 3 is 2.39 bits per heavy atom. The van der Waals surface area contributed by atoms with Crippen LogP contribution in [0.25, 0.3) is 5.78 Å². The minimum absolute atomic E-state index is 0.164. The molecule has 10 nitrogen and oxygen atoms in total. The third-order valence-corrected chi connectivity index (χ3v) is 5.84. The number of nitrogens with one attached hydrogen (secondary N) is 2. The van der Waals surface area contributed by atoms with E-state index in [1.54, 1.807) is 4.52 Å². The van der Waals surface area contributed by atoms with Crippen molar-refractivity contribution in [1.29, 1.82) is 0 Å². The highest BCUT2D eigenvalue weighted by molar-refractivity contribution is 7.98. The van der Waals surface area contributed by atoms with Gasteiger partial charge < -0.3 is 4.74 Å². The maximum Gasteiger partial charge on any atom is 0.253 e. The van der Waals surface area contributed by atoms with Gasteiger partial charge in [-0.3, -0.25) is 25.3 Å². The first-order valence-corrected chi connectivity index (χ1v) is 11.7. The van der Waals surface area contributed by atoms with Gasteiger partial charge in [0.05, 0.1) is 12.2 Å². The molecule has 11 heteroatoms. The number of carbonyl (C=O) groups is 2. The largest absolute Gasteiger partial charge is 0.373 e.